The average Bonchev–Trinajstić information content (AvgIpc) is 3.61. The Kier molecular flexibility index (Phi) is 16.6. The fraction of sp³-hybridized carbons (Fsp3) is 0.756. The van der Waals surface area contributed by atoms with Gasteiger partial charge in [0.2, 0.25) is 0 Å². The molecule has 0 radical (unpaired) electrons. The minimum Gasteiger partial charge on any atom is -0.389 e. The van der Waals surface area contributed by atoms with Crippen LogP contribution in [0.1, 0.15) is 104 Å². The minimum atomic E-state index is -3.76. The summed E-state index contributed by atoms with van der Waals surface area (Å²) in [6.07, 6.45) is 5.74. The van der Waals surface area contributed by atoms with Crippen LogP contribution in [0.25, 0.3) is 0 Å². The Morgan fingerprint density at radius 3 is 2.28 bits per heavy atom. The molecule has 10 atom stereocenters. The van der Waals surface area contributed by atoms with E-state index in [1.165, 1.54) is 0 Å². The highest BCUT2D eigenvalue weighted by molar-refractivity contribution is 7.91. The molecule has 3 aliphatic heterocycles. The van der Waals surface area contributed by atoms with Gasteiger partial charge in [-0.1, -0.05) is 66.3 Å². The first-order chi connectivity index (χ1) is 25.0. The Labute approximate surface area is 320 Å². The highest BCUT2D eigenvalue weighted by atomic mass is 32.2. The number of benzene rings is 1. The molecule has 0 unspecified atom stereocenters. The number of hydrogen-bond donors (Lipinski definition) is 1. The molecule has 3 aliphatic rings. The number of aliphatic hydroxyl groups is 1. The highest BCUT2D eigenvalue weighted by Crippen LogP contribution is 2.41. The third-order valence-electron chi connectivity index (χ3n) is 11.6. The predicted molar refractivity (Wildman–Crippen MR) is 208 cm³/mol. The molecule has 3 fully saturated rings. The first-order valence-electron chi connectivity index (χ1n) is 19.8. The van der Waals surface area contributed by atoms with Crippen LogP contribution in [0.3, 0.4) is 0 Å². The van der Waals surface area contributed by atoms with E-state index in [4.69, 9.17) is 23.1 Å². The molecule has 0 saturated carbocycles. The lowest BCUT2D eigenvalue weighted by Gasteiger charge is -2.28. The van der Waals surface area contributed by atoms with Gasteiger partial charge in [-0.25, -0.2) is 8.42 Å². The largest absolute Gasteiger partial charge is 0.389 e. The van der Waals surface area contributed by atoms with Gasteiger partial charge in [0.1, 0.15) is 0 Å². The first-order valence-corrected chi connectivity index (χ1v) is 23.2. The van der Waals surface area contributed by atoms with Crippen molar-refractivity contribution in [3.05, 3.63) is 54.1 Å². The molecular weight excluding hydrogens is 717 g/mol. The number of rotatable bonds is 21. The summed E-state index contributed by atoms with van der Waals surface area (Å²) in [6.45, 7) is 20.2. The molecule has 1 aromatic rings. The molecule has 0 bridgehead atoms. The van der Waals surface area contributed by atoms with Gasteiger partial charge in [-0.3, -0.25) is 4.18 Å². The van der Waals surface area contributed by atoms with Crippen LogP contribution >= 0.6 is 0 Å². The van der Waals surface area contributed by atoms with Crippen molar-refractivity contribution in [2.45, 2.75) is 153 Å². The summed E-state index contributed by atoms with van der Waals surface area (Å²) >= 11 is 0. The van der Waals surface area contributed by atoms with Gasteiger partial charge >= 0.3 is 0 Å². The normalized spacial score (nSPS) is 28.2. The molecule has 1 aromatic carbocycles. The van der Waals surface area contributed by atoms with Gasteiger partial charge in [0.25, 0.3) is 10.1 Å². The van der Waals surface area contributed by atoms with Crippen LogP contribution in [0, 0.1) is 23.7 Å². The fourth-order valence-corrected chi connectivity index (χ4v) is 10.4. The molecule has 0 amide bonds. The van der Waals surface area contributed by atoms with Gasteiger partial charge in [-0.2, -0.15) is 8.42 Å². The molecule has 302 valence electrons. The van der Waals surface area contributed by atoms with Crippen LogP contribution in [0.2, 0.25) is 0 Å². The van der Waals surface area contributed by atoms with Gasteiger partial charge in [0.15, 0.2) is 16.1 Å². The van der Waals surface area contributed by atoms with Gasteiger partial charge in [0.05, 0.1) is 66.7 Å². The summed E-state index contributed by atoms with van der Waals surface area (Å²) in [5.74, 6) is -0.287. The lowest BCUT2D eigenvalue weighted by molar-refractivity contribution is -0.184. The van der Waals surface area contributed by atoms with Gasteiger partial charge in [-0.15, -0.1) is 0 Å². The van der Waals surface area contributed by atoms with Crippen LogP contribution < -0.4 is 0 Å². The third-order valence-corrected chi connectivity index (χ3v) is 14.1. The molecule has 10 nitrogen and oxygen atoms in total. The molecule has 3 saturated heterocycles. The average molecular weight is 783 g/mol. The Bertz CT molecular complexity index is 1540. The van der Waals surface area contributed by atoms with Crippen LogP contribution in [0.4, 0.5) is 0 Å². The Morgan fingerprint density at radius 2 is 1.66 bits per heavy atom. The number of aliphatic hydroxyl groups excluding tert-OH is 1. The smallest absolute Gasteiger partial charge is 0.264 e. The minimum absolute atomic E-state index is 0.00970. The highest BCUT2D eigenvalue weighted by Gasteiger charge is 2.45. The van der Waals surface area contributed by atoms with E-state index >= 15 is 0 Å². The quantitative estimate of drug-likeness (QED) is 0.101. The summed E-state index contributed by atoms with van der Waals surface area (Å²) in [5, 5.41) is 11.6. The van der Waals surface area contributed by atoms with Crippen LogP contribution in [0.5, 0.6) is 0 Å². The second kappa shape index (κ2) is 20.0. The van der Waals surface area contributed by atoms with Crippen molar-refractivity contribution >= 4 is 20.0 Å². The standard InChI is InChI=1S/C41H66O10S2/c1-9-27(3)22-39-31(7)36(26-53(45,46)35-16-12-32(10-2)13-17-35)40(50-39)25-37(42)30(6)28(4)23-34(51-52(8,43)44)14-18-38-29(5)24-33(49-38)15-19-41-47-20-11-21-48-41/h12-13,16-17,27-28,31,33-34,36-42H,5-6,9-11,14-15,18-26H2,1-4,7-8H3/t27-,28-,31-,33+,34-,36-,37-,38+,39-,40+/m1/s1. The molecule has 12 heteroatoms. The molecule has 0 aromatic heterocycles. The Hall–Kier alpha value is -1.64. The fourth-order valence-electron chi connectivity index (χ4n) is 7.97. The molecule has 0 aliphatic carbocycles. The summed E-state index contributed by atoms with van der Waals surface area (Å²) < 4.78 is 81.8. The maximum absolute atomic E-state index is 13.7. The molecule has 53 heavy (non-hydrogen) atoms. The monoisotopic (exact) mass is 782 g/mol. The van der Waals surface area contributed by atoms with Crippen LogP contribution in [-0.4, -0.2) is 90.1 Å². The summed E-state index contributed by atoms with van der Waals surface area (Å²) in [6, 6.07) is 7.09. The number of ether oxygens (including phenoxy) is 4. The number of hydrogen-bond acceptors (Lipinski definition) is 10. The molecule has 4 rings (SSSR count). The van der Waals surface area contributed by atoms with Gasteiger partial charge in [0, 0.05) is 18.8 Å². The second-order valence-corrected chi connectivity index (χ2v) is 19.6. The van der Waals surface area contributed by atoms with E-state index in [-0.39, 0.29) is 54.5 Å². The van der Waals surface area contributed by atoms with Crippen molar-refractivity contribution < 1.29 is 45.1 Å². The van der Waals surface area contributed by atoms with E-state index in [9.17, 15) is 21.9 Å². The zero-order valence-corrected chi connectivity index (χ0v) is 34.5. The molecule has 3 heterocycles. The molecule has 1 N–H and O–H groups in total. The van der Waals surface area contributed by atoms with E-state index in [1.54, 1.807) is 12.1 Å². The summed E-state index contributed by atoms with van der Waals surface area (Å²) in [5.41, 5.74) is 2.60. The third kappa shape index (κ3) is 13.2. The summed E-state index contributed by atoms with van der Waals surface area (Å²) in [4.78, 5) is 0.298. The Balaban J connectivity index is 1.38. The van der Waals surface area contributed by atoms with Gasteiger partial charge in [-0.05, 0) is 98.0 Å². The zero-order valence-electron chi connectivity index (χ0n) is 32.9. The van der Waals surface area contributed by atoms with Crippen molar-refractivity contribution in [2.24, 2.45) is 23.7 Å². The lowest BCUT2D eigenvalue weighted by Crippen LogP contribution is -2.32. The first kappa shape index (κ1) is 44.1. The van der Waals surface area contributed by atoms with Crippen molar-refractivity contribution in [3.8, 4) is 0 Å². The lowest BCUT2D eigenvalue weighted by atomic mass is 9.83. The van der Waals surface area contributed by atoms with E-state index < -0.39 is 38.3 Å². The maximum atomic E-state index is 13.7. The number of sulfone groups is 1. The zero-order chi connectivity index (χ0) is 38.9. The van der Waals surface area contributed by atoms with Crippen molar-refractivity contribution in [2.75, 3.05) is 25.2 Å². The Morgan fingerprint density at radius 1 is 0.981 bits per heavy atom. The molecular formula is C41H66O10S2. The van der Waals surface area contributed by atoms with Crippen LogP contribution in [-0.2, 0) is 49.5 Å². The van der Waals surface area contributed by atoms with Crippen molar-refractivity contribution in [1.29, 1.82) is 0 Å². The topological polar surface area (TPSA) is 135 Å². The molecule has 0 spiro atoms. The van der Waals surface area contributed by atoms with E-state index in [2.05, 4.69) is 33.9 Å². The summed E-state index contributed by atoms with van der Waals surface area (Å²) in [7, 11) is -7.37. The van der Waals surface area contributed by atoms with E-state index in [1.807, 2.05) is 26.0 Å². The van der Waals surface area contributed by atoms with Crippen molar-refractivity contribution in [3.63, 3.8) is 0 Å². The van der Waals surface area contributed by atoms with E-state index in [0.717, 1.165) is 62.3 Å². The SMILES string of the molecule is C=C([C@H](C)C[C@@H](CC[C@@H]1O[C@@H](CCC2OCCCO2)CC1=C)OS(C)(=O)=O)[C@H](O)C[C@@H]1O[C@H](C[C@H](C)CC)[C@H](C)[C@H]1CS(=O)(=O)c1ccc(CC)cc1. The van der Waals surface area contributed by atoms with Crippen molar-refractivity contribution in [1.82, 2.24) is 0 Å². The number of aryl methyl sites for hydroxylation is 1. The van der Waals surface area contributed by atoms with Gasteiger partial charge < -0.3 is 24.1 Å². The maximum Gasteiger partial charge on any atom is 0.264 e. The van der Waals surface area contributed by atoms with Crippen LogP contribution in [0.15, 0.2) is 53.5 Å². The van der Waals surface area contributed by atoms with E-state index in [0.29, 0.717) is 48.9 Å². The second-order valence-electron chi connectivity index (χ2n) is 15.9. The predicted octanol–water partition coefficient (Wildman–Crippen LogP) is 7.19.